The van der Waals surface area contributed by atoms with Gasteiger partial charge in [-0.25, -0.2) is 4.39 Å². The summed E-state index contributed by atoms with van der Waals surface area (Å²) in [7, 11) is 1.82. The standard InChI is InChI=1S/C23H28FN/c1-6-16(3)23(21(7-2)18-10-8-11-18)22(25-5)14-17(4)19-12-9-13-20(24)15-19/h6-7,9,12-13,15,18H,1,4,8,10-11,14H2,2-3,5H3/b21-7-,23-16+,25-22?. The molecule has 0 N–H and O–H groups in total. The molecule has 0 amide bonds. The number of aliphatic imine (C=N–C) groups is 1. The fraction of sp³-hybridized carbons (Fsp3) is 0.348. The molecule has 1 saturated carbocycles. The first-order valence-corrected chi connectivity index (χ1v) is 8.91. The second-order valence-electron chi connectivity index (χ2n) is 6.59. The van der Waals surface area contributed by atoms with Crippen molar-refractivity contribution in [2.75, 3.05) is 7.05 Å². The van der Waals surface area contributed by atoms with Crippen molar-refractivity contribution in [3.8, 4) is 0 Å². The van der Waals surface area contributed by atoms with Gasteiger partial charge in [-0.15, -0.1) is 0 Å². The summed E-state index contributed by atoms with van der Waals surface area (Å²) in [5, 5.41) is 0. The molecule has 0 saturated heterocycles. The topological polar surface area (TPSA) is 12.4 Å². The van der Waals surface area contributed by atoms with Gasteiger partial charge in [-0.1, -0.05) is 43.9 Å². The minimum atomic E-state index is -0.240. The van der Waals surface area contributed by atoms with Gasteiger partial charge in [0.25, 0.3) is 0 Å². The average Bonchev–Trinajstić information content (AvgIpc) is 2.57. The second kappa shape index (κ2) is 8.75. The number of hydrogen-bond donors (Lipinski definition) is 0. The van der Waals surface area contributed by atoms with Crippen LogP contribution in [0.2, 0.25) is 0 Å². The van der Waals surface area contributed by atoms with E-state index < -0.39 is 0 Å². The van der Waals surface area contributed by atoms with Gasteiger partial charge in [-0.05, 0) is 67.0 Å². The Morgan fingerprint density at radius 3 is 2.56 bits per heavy atom. The molecular weight excluding hydrogens is 309 g/mol. The third kappa shape index (κ3) is 4.45. The predicted molar refractivity (Wildman–Crippen MR) is 107 cm³/mol. The third-order valence-electron chi connectivity index (χ3n) is 5.02. The molecule has 0 radical (unpaired) electrons. The molecule has 0 aromatic heterocycles. The highest BCUT2D eigenvalue weighted by atomic mass is 19.1. The van der Waals surface area contributed by atoms with Crippen LogP contribution in [0.5, 0.6) is 0 Å². The maximum atomic E-state index is 13.5. The van der Waals surface area contributed by atoms with Crippen molar-refractivity contribution in [1.29, 1.82) is 0 Å². The molecule has 0 spiro atoms. The second-order valence-corrected chi connectivity index (χ2v) is 6.59. The molecule has 2 rings (SSSR count). The first kappa shape index (κ1) is 19.1. The summed E-state index contributed by atoms with van der Waals surface area (Å²) in [6.45, 7) is 12.3. The van der Waals surface area contributed by atoms with E-state index in [0.29, 0.717) is 12.3 Å². The Labute approximate surface area is 151 Å². The van der Waals surface area contributed by atoms with Gasteiger partial charge in [0.05, 0.1) is 0 Å². The maximum Gasteiger partial charge on any atom is 0.123 e. The molecular formula is C23H28FN. The van der Waals surface area contributed by atoms with E-state index in [1.165, 1.54) is 42.5 Å². The summed E-state index contributed by atoms with van der Waals surface area (Å²) in [4.78, 5) is 4.57. The fourth-order valence-corrected chi connectivity index (χ4v) is 3.32. The van der Waals surface area contributed by atoms with Crippen LogP contribution >= 0.6 is 0 Å². The smallest absolute Gasteiger partial charge is 0.123 e. The average molecular weight is 337 g/mol. The van der Waals surface area contributed by atoms with Gasteiger partial charge < -0.3 is 0 Å². The van der Waals surface area contributed by atoms with Gasteiger partial charge in [0.2, 0.25) is 0 Å². The lowest BCUT2D eigenvalue weighted by atomic mass is 9.74. The first-order chi connectivity index (χ1) is 12.0. The maximum absolute atomic E-state index is 13.5. The number of rotatable bonds is 7. The van der Waals surface area contributed by atoms with E-state index in [-0.39, 0.29) is 5.82 Å². The van der Waals surface area contributed by atoms with Gasteiger partial charge in [0, 0.05) is 24.8 Å². The fourth-order valence-electron chi connectivity index (χ4n) is 3.32. The van der Waals surface area contributed by atoms with E-state index in [1.807, 2.05) is 19.2 Å². The summed E-state index contributed by atoms with van der Waals surface area (Å²) < 4.78 is 13.5. The van der Waals surface area contributed by atoms with Crippen LogP contribution in [0.15, 0.2) is 71.3 Å². The van der Waals surface area contributed by atoms with Crippen LogP contribution in [0.4, 0.5) is 4.39 Å². The van der Waals surface area contributed by atoms with Crippen molar-refractivity contribution in [2.45, 2.75) is 39.5 Å². The molecule has 1 aliphatic carbocycles. The Kier molecular flexibility index (Phi) is 6.69. The zero-order chi connectivity index (χ0) is 18.4. The van der Waals surface area contributed by atoms with Crippen molar-refractivity contribution in [1.82, 2.24) is 0 Å². The van der Waals surface area contributed by atoms with Gasteiger partial charge in [0.15, 0.2) is 0 Å². The van der Waals surface area contributed by atoms with Crippen LogP contribution in [0.25, 0.3) is 5.57 Å². The minimum Gasteiger partial charge on any atom is -0.292 e. The molecule has 1 aromatic rings. The molecule has 2 heteroatoms. The van der Waals surface area contributed by atoms with Crippen molar-refractivity contribution < 1.29 is 4.39 Å². The summed E-state index contributed by atoms with van der Waals surface area (Å²) in [5.41, 5.74) is 6.36. The normalized spacial score (nSPS) is 17.0. The summed E-state index contributed by atoms with van der Waals surface area (Å²) in [6.07, 6.45) is 8.46. The number of halogens is 1. The monoisotopic (exact) mass is 337 g/mol. The van der Waals surface area contributed by atoms with Crippen LogP contribution in [-0.2, 0) is 0 Å². The van der Waals surface area contributed by atoms with Crippen molar-refractivity contribution in [3.63, 3.8) is 0 Å². The first-order valence-electron chi connectivity index (χ1n) is 8.91. The van der Waals surface area contributed by atoms with E-state index in [1.54, 1.807) is 6.07 Å². The largest absolute Gasteiger partial charge is 0.292 e. The number of nitrogens with zero attached hydrogens (tertiary/aromatic N) is 1. The molecule has 0 aliphatic heterocycles. The highest BCUT2D eigenvalue weighted by Gasteiger charge is 2.26. The van der Waals surface area contributed by atoms with Crippen molar-refractivity contribution in [3.05, 3.63) is 77.7 Å². The van der Waals surface area contributed by atoms with E-state index in [9.17, 15) is 4.39 Å². The Balaban J connectivity index is 2.35. The summed E-state index contributed by atoms with van der Waals surface area (Å²) in [5.74, 6) is 0.365. The molecule has 25 heavy (non-hydrogen) atoms. The molecule has 0 atom stereocenters. The lowest BCUT2D eigenvalue weighted by Gasteiger charge is -2.31. The highest BCUT2D eigenvalue weighted by Crippen LogP contribution is 2.39. The zero-order valence-corrected chi connectivity index (χ0v) is 15.6. The molecule has 1 nitrogen and oxygen atoms in total. The SMILES string of the molecule is C=C/C(C)=C(C(CC(=C)c1cccc(F)c1)=NC)\C(=C/C)C1CCC1. The number of benzene rings is 1. The predicted octanol–water partition coefficient (Wildman–Crippen LogP) is 6.55. The van der Waals surface area contributed by atoms with Gasteiger partial charge in [0.1, 0.15) is 5.82 Å². The highest BCUT2D eigenvalue weighted by molar-refractivity contribution is 6.09. The van der Waals surface area contributed by atoms with Gasteiger partial charge >= 0.3 is 0 Å². The van der Waals surface area contributed by atoms with Gasteiger partial charge in [-0.3, -0.25) is 4.99 Å². The summed E-state index contributed by atoms with van der Waals surface area (Å²) >= 11 is 0. The lowest BCUT2D eigenvalue weighted by molar-refractivity contribution is 0.372. The molecule has 0 unspecified atom stereocenters. The Hall–Kier alpha value is -2.22. The Bertz CT molecular complexity index is 745. The third-order valence-corrected chi connectivity index (χ3v) is 5.02. The van der Waals surface area contributed by atoms with E-state index >= 15 is 0 Å². The molecule has 0 heterocycles. The quantitative estimate of drug-likeness (QED) is 0.395. The van der Waals surface area contributed by atoms with E-state index in [2.05, 4.69) is 38.1 Å². The minimum absolute atomic E-state index is 0.240. The number of hydrogen-bond acceptors (Lipinski definition) is 1. The number of allylic oxidation sites excluding steroid dienone is 6. The molecule has 1 fully saturated rings. The van der Waals surface area contributed by atoms with Crippen molar-refractivity contribution in [2.24, 2.45) is 10.9 Å². The molecule has 132 valence electrons. The van der Waals surface area contributed by atoms with Gasteiger partial charge in [-0.2, -0.15) is 0 Å². The molecule has 0 bridgehead atoms. The Morgan fingerprint density at radius 2 is 2.08 bits per heavy atom. The van der Waals surface area contributed by atoms with Crippen LogP contribution in [0.1, 0.15) is 45.1 Å². The van der Waals surface area contributed by atoms with E-state index in [4.69, 9.17) is 0 Å². The van der Waals surface area contributed by atoms with Crippen molar-refractivity contribution >= 4 is 11.3 Å². The van der Waals surface area contributed by atoms with Crippen LogP contribution < -0.4 is 0 Å². The lowest BCUT2D eigenvalue weighted by Crippen LogP contribution is -2.20. The van der Waals surface area contributed by atoms with Crippen LogP contribution in [0, 0.1) is 11.7 Å². The van der Waals surface area contributed by atoms with Crippen LogP contribution in [-0.4, -0.2) is 12.8 Å². The van der Waals surface area contributed by atoms with E-state index in [0.717, 1.165) is 22.4 Å². The zero-order valence-electron chi connectivity index (χ0n) is 15.6. The molecule has 1 aromatic carbocycles. The van der Waals surface area contributed by atoms with Crippen LogP contribution in [0.3, 0.4) is 0 Å². The summed E-state index contributed by atoms with van der Waals surface area (Å²) in [6, 6.07) is 6.59. The molecule has 1 aliphatic rings. The Morgan fingerprint density at radius 1 is 1.36 bits per heavy atom.